The zero-order valence-corrected chi connectivity index (χ0v) is 8.61. The molecular weight excluding hydrogens is 238 g/mol. The summed E-state index contributed by atoms with van der Waals surface area (Å²) in [5.74, 6) is -0.166. The lowest BCUT2D eigenvalue weighted by Crippen LogP contribution is -1.99. The summed E-state index contributed by atoms with van der Waals surface area (Å²) in [6.45, 7) is 6.02. The van der Waals surface area contributed by atoms with Gasteiger partial charge in [0.1, 0.15) is 4.47 Å². The monoisotopic (exact) mass is 245 g/mol. The van der Waals surface area contributed by atoms with Crippen molar-refractivity contribution in [1.82, 2.24) is 9.78 Å². The average molecular weight is 246 g/mol. The third-order valence-electron chi connectivity index (χ3n) is 1.30. The van der Waals surface area contributed by atoms with Gasteiger partial charge in [0.25, 0.3) is 0 Å². The average Bonchev–Trinajstić information content (AvgIpc) is 2.29. The molecule has 0 unspecified atom stereocenters. The minimum Gasteiger partial charge on any atom is -0.358 e. The Morgan fingerprint density at radius 3 is 2.92 bits per heavy atom. The molecule has 5 nitrogen and oxygen atoms in total. The van der Waals surface area contributed by atoms with E-state index in [1.54, 1.807) is 6.20 Å². The summed E-state index contributed by atoms with van der Waals surface area (Å²) in [7, 11) is 0. The molecule has 0 aliphatic rings. The van der Waals surface area contributed by atoms with Gasteiger partial charge in [-0.05, 0) is 27.8 Å². The van der Waals surface area contributed by atoms with Crippen LogP contribution in [0.1, 0.15) is 6.92 Å². The Kier molecular flexibility index (Phi) is 2.82. The molecule has 70 valence electrons. The van der Waals surface area contributed by atoms with Crippen molar-refractivity contribution in [3.05, 3.63) is 32.9 Å². The SMILES string of the molecule is C=C(C)Cn1cc(Br)c([N+](=O)[O-])n1. The summed E-state index contributed by atoms with van der Waals surface area (Å²) in [5, 5.41) is 14.2. The highest BCUT2D eigenvalue weighted by atomic mass is 79.9. The first-order valence-corrected chi connectivity index (χ1v) is 4.31. The molecular formula is C7H8BrN3O2. The van der Waals surface area contributed by atoms with Gasteiger partial charge in [-0.15, -0.1) is 0 Å². The smallest absolute Gasteiger partial charge is 0.358 e. The predicted molar refractivity (Wildman–Crippen MR) is 51.4 cm³/mol. The standard InChI is InChI=1S/C7H8BrN3O2/c1-5(2)3-10-4-6(8)7(9-10)11(12)13/h4H,1,3H2,2H3. The maximum absolute atomic E-state index is 10.4. The minimum absolute atomic E-state index is 0.166. The van der Waals surface area contributed by atoms with Crippen LogP contribution < -0.4 is 0 Å². The van der Waals surface area contributed by atoms with Gasteiger partial charge in [-0.3, -0.25) is 0 Å². The molecule has 1 rings (SSSR count). The molecule has 0 spiro atoms. The Hall–Kier alpha value is -1.17. The molecule has 0 aliphatic carbocycles. The Morgan fingerprint density at radius 1 is 1.92 bits per heavy atom. The van der Waals surface area contributed by atoms with Crippen LogP contribution in [-0.4, -0.2) is 14.7 Å². The summed E-state index contributed by atoms with van der Waals surface area (Å²) < 4.78 is 1.86. The van der Waals surface area contributed by atoms with Crippen molar-refractivity contribution in [1.29, 1.82) is 0 Å². The molecule has 0 aromatic carbocycles. The van der Waals surface area contributed by atoms with Gasteiger partial charge < -0.3 is 10.1 Å². The molecule has 6 heteroatoms. The molecule has 0 radical (unpaired) electrons. The minimum atomic E-state index is -0.529. The van der Waals surface area contributed by atoms with Crippen LogP contribution >= 0.6 is 15.9 Å². The van der Waals surface area contributed by atoms with Crippen molar-refractivity contribution >= 4 is 21.7 Å². The molecule has 0 aliphatic heterocycles. The number of aromatic nitrogens is 2. The highest BCUT2D eigenvalue weighted by Gasteiger charge is 2.17. The fourth-order valence-electron chi connectivity index (χ4n) is 0.868. The van der Waals surface area contributed by atoms with E-state index in [9.17, 15) is 10.1 Å². The van der Waals surface area contributed by atoms with Crippen molar-refractivity contribution in [2.45, 2.75) is 13.5 Å². The van der Waals surface area contributed by atoms with E-state index in [2.05, 4.69) is 27.6 Å². The van der Waals surface area contributed by atoms with E-state index in [0.717, 1.165) is 5.57 Å². The molecule has 0 bridgehead atoms. The highest BCUT2D eigenvalue weighted by molar-refractivity contribution is 9.10. The van der Waals surface area contributed by atoms with E-state index in [1.807, 2.05) is 6.92 Å². The molecule has 1 aromatic rings. The van der Waals surface area contributed by atoms with Crippen LogP contribution in [0, 0.1) is 10.1 Å². The van der Waals surface area contributed by atoms with Crippen molar-refractivity contribution in [3.63, 3.8) is 0 Å². The van der Waals surface area contributed by atoms with Crippen molar-refractivity contribution in [3.8, 4) is 0 Å². The Morgan fingerprint density at radius 2 is 2.54 bits per heavy atom. The van der Waals surface area contributed by atoms with Gasteiger partial charge in [-0.2, -0.15) is 4.68 Å². The number of halogens is 1. The number of allylic oxidation sites excluding steroid dienone is 1. The van der Waals surface area contributed by atoms with Crippen LogP contribution in [0.3, 0.4) is 0 Å². The first kappa shape index (κ1) is 9.91. The second-order valence-electron chi connectivity index (χ2n) is 2.71. The summed E-state index contributed by atoms with van der Waals surface area (Å²) in [4.78, 5) is 9.87. The quantitative estimate of drug-likeness (QED) is 0.466. The lowest BCUT2D eigenvalue weighted by molar-refractivity contribution is -0.390. The third kappa shape index (κ3) is 2.38. The first-order valence-electron chi connectivity index (χ1n) is 3.52. The maximum Gasteiger partial charge on any atom is 0.404 e. The molecule has 0 amide bonds. The van der Waals surface area contributed by atoms with Gasteiger partial charge in [0.15, 0.2) is 0 Å². The Balaban J connectivity index is 2.95. The van der Waals surface area contributed by atoms with Crippen molar-refractivity contribution in [2.24, 2.45) is 0 Å². The normalized spacial score (nSPS) is 10.0. The first-order chi connectivity index (χ1) is 6.00. The zero-order chi connectivity index (χ0) is 10.0. The van der Waals surface area contributed by atoms with E-state index >= 15 is 0 Å². The van der Waals surface area contributed by atoms with E-state index in [0.29, 0.717) is 11.0 Å². The second-order valence-corrected chi connectivity index (χ2v) is 3.57. The highest BCUT2D eigenvalue weighted by Crippen LogP contribution is 2.22. The molecule has 0 N–H and O–H groups in total. The van der Waals surface area contributed by atoms with Gasteiger partial charge >= 0.3 is 5.82 Å². The molecule has 0 fully saturated rings. The van der Waals surface area contributed by atoms with Crippen LogP contribution in [0.4, 0.5) is 5.82 Å². The third-order valence-corrected chi connectivity index (χ3v) is 1.86. The predicted octanol–water partition coefficient (Wildman–Crippen LogP) is 2.13. The fourth-order valence-corrected chi connectivity index (χ4v) is 1.33. The second kappa shape index (κ2) is 3.69. The molecule has 0 saturated carbocycles. The Labute approximate surface area is 83.3 Å². The summed E-state index contributed by atoms with van der Waals surface area (Å²) in [5.41, 5.74) is 0.893. The van der Waals surface area contributed by atoms with E-state index in [4.69, 9.17) is 0 Å². The van der Waals surface area contributed by atoms with Crippen molar-refractivity contribution in [2.75, 3.05) is 0 Å². The summed E-state index contributed by atoms with van der Waals surface area (Å²) >= 11 is 3.05. The number of nitro groups is 1. The molecule has 0 saturated heterocycles. The lowest BCUT2D eigenvalue weighted by Gasteiger charge is -1.92. The number of nitrogens with zero attached hydrogens (tertiary/aromatic N) is 3. The number of rotatable bonds is 3. The van der Waals surface area contributed by atoms with Gasteiger partial charge in [-0.25, -0.2) is 0 Å². The van der Waals surface area contributed by atoms with Crippen LogP contribution in [-0.2, 0) is 6.54 Å². The van der Waals surface area contributed by atoms with Gasteiger partial charge in [0.05, 0.1) is 17.8 Å². The fraction of sp³-hybridized carbons (Fsp3) is 0.286. The molecule has 1 heterocycles. The van der Waals surface area contributed by atoms with Crippen LogP contribution in [0.5, 0.6) is 0 Å². The van der Waals surface area contributed by atoms with Crippen LogP contribution in [0.2, 0.25) is 0 Å². The van der Waals surface area contributed by atoms with E-state index in [1.165, 1.54) is 4.68 Å². The lowest BCUT2D eigenvalue weighted by atomic mass is 10.4. The van der Waals surface area contributed by atoms with Crippen LogP contribution in [0.15, 0.2) is 22.8 Å². The topological polar surface area (TPSA) is 61.0 Å². The van der Waals surface area contributed by atoms with Gasteiger partial charge in [0.2, 0.25) is 0 Å². The number of hydrogen-bond acceptors (Lipinski definition) is 3. The molecule has 1 aromatic heterocycles. The van der Waals surface area contributed by atoms with Gasteiger partial charge in [0, 0.05) is 0 Å². The van der Waals surface area contributed by atoms with Crippen LogP contribution in [0.25, 0.3) is 0 Å². The van der Waals surface area contributed by atoms with Gasteiger partial charge in [-0.1, -0.05) is 12.2 Å². The zero-order valence-electron chi connectivity index (χ0n) is 7.03. The summed E-state index contributed by atoms with van der Waals surface area (Å²) in [6.07, 6.45) is 1.56. The Bertz CT molecular complexity index is 359. The largest absolute Gasteiger partial charge is 0.404 e. The maximum atomic E-state index is 10.4. The number of hydrogen-bond donors (Lipinski definition) is 0. The van der Waals surface area contributed by atoms with Crippen molar-refractivity contribution < 1.29 is 4.92 Å². The molecule has 0 atom stereocenters. The van der Waals surface area contributed by atoms with E-state index < -0.39 is 4.92 Å². The van der Waals surface area contributed by atoms with E-state index in [-0.39, 0.29) is 5.82 Å². The molecule has 13 heavy (non-hydrogen) atoms. The summed E-state index contributed by atoms with van der Waals surface area (Å²) in [6, 6.07) is 0.